The van der Waals surface area contributed by atoms with Crippen LogP contribution >= 0.6 is 0 Å². The molecule has 0 radical (unpaired) electrons. The number of nitrogens with two attached hydrogens (primary N) is 1. The van der Waals surface area contributed by atoms with Crippen LogP contribution in [0.15, 0.2) is 38.3 Å². The summed E-state index contributed by atoms with van der Waals surface area (Å²) in [7, 11) is 1.41. The highest BCUT2D eigenvalue weighted by Crippen LogP contribution is 2.37. The number of pyridine rings is 1. The molecular formula is C20H18N2O8. The van der Waals surface area contributed by atoms with Gasteiger partial charge in [0.05, 0.1) is 11.4 Å². The fourth-order valence-electron chi connectivity index (χ4n) is 3.42. The maximum atomic E-state index is 12.8. The summed E-state index contributed by atoms with van der Waals surface area (Å²) < 4.78 is 21.2. The van der Waals surface area contributed by atoms with E-state index in [0.29, 0.717) is 22.4 Å². The molecule has 0 fully saturated rings. The van der Waals surface area contributed by atoms with Gasteiger partial charge in [0.1, 0.15) is 12.4 Å². The first kappa shape index (κ1) is 19.5. The van der Waals surface area contributed by atoms with Crippen molar-refractivity contribution in [2.75, 3.05) is 13.9 Å². The normalized spacial score (nSPS) is 13.5. The average Bonchev–Trinajstić information content (AvgIpc) is 3.14. The van der Waals surface area contributed by atoms with Crippen LogP contribution in [0.25, 0.3) is 10.9 Å². The van der Waals surface area contributed by atoms with E-state index >= 15 is 0 Å². The molecule has 156 valence electrons. The summed E-state index contributed by atoms with van der Waals surface area (Å²) >= 11 is 0. The zero-order valence-electron chi connectivity index (χ0n) is 15.9. The van der Waals surface area contributed by atoms with Gasteiger partial charge in [-0.15, -0.1) is 0 Å². The summed E-state index contributed by atoms with van der Waals surface area (Å²) in [4.78, 5) is 39.5. The lowest BCUT2D eigenvalue weighted by Crippen LogP contribution is -2.23. The molecule has 1 unspecified atom stereocenters. The van der Waals surface area contributed by atoms with Crippen LogP contribution in [0, 0.1) is 0 Å². The van der Waals surface area contributed by atoms with Crippen molar-refractivity contribution in [2.24, 2.45) is 5.73 Å². The summed E-state index contributed by atoms with van der Waals surface area (Å²) in [5, 5.41) is 10.9. The zero-order valence-corrected chi connectivity index (χ0v) is 15.9. The number of benzene rings is 1. The van der Waals surface area contributed by atoms with Crippen molar-refractivity contribution in [3.8, 4) is 17.2 Å². The van der Waals surface area contributed by atoms with Crippen molar-refractivity contribution in [1.29, 1.82) is 0 Å². The van der Waals surface area contributed by atoms with Crippen LogP contribution in [0.5, 0.6) is 17.2 Å². The second-order valence-corrected chi connectivity index (χ2v) is 6.79. The molecule has 1 amide bonds. The van der Waals surface area contributed by atoms with Crippen LogP contribution in [-0.4, -0.2) is 29.9 Å². The predicted molar refractivity (Wildman–Crippen MR) is 104 cm³/mol. The molecule has 0 aliphatic carbocycles. The average molecular weight is 414 g/mol. The number of aromatic nitrogens is 1. The van der Waals surface area contributed by atoms with Crippen LogP contribution in [0.1, 0.15) is 29.4 Å². The van der Waals surface area contributed by atoms with E-state index in [4.69, 9.17) is 24.4 Å². The Morgan fingerprint density at radius 3 is 2.67 bits per heavy atom. The molecule has 4 N–H and O–H groups in total. The molecule has 4 rings (SSSR count). The molecule has 1 aliphatic heterocycles. The second-order valence-electron chi connectivity index (χ2n) is 6.79. The third-order valence-corrected chi connectivity index (χ3v) is 4.75. The fraction of sp³-hybridized carbons (Fsp3) is 0.250. The van der Waals surface area contributed by atoms with Gasteiger partial charge in [0, 0.05) is 36.6 Å². The van der Waals surface area contributed by atoms with Crippen molar-refractivity contribution >= 4 is 16.8 Å². The molecule has 10 nitrogen and oxygen atoms in total. The number of carbonyl (C=O) groups excluding carboxylic acids is 1. The summed E-state index contributed by atoms with van der Waals surface area (Å²) in [5.74, 6) is -1.65. The van der Waals surface area contributed by atoms with Crippen LogP contribution < -0.4 is 26.2 Å². The fourth-order valence-corrected chi connectivity index (χ4v) is 3.42. The quantitative estimate of drug-likeness (QED) is 0.541. The molecule has 0 saturated heterocycles. The molecule has 3 aromatic rings. The van der Waals surface area contributed by atoms with E-state index < -0.39 is 28.6 Å². The number of H-pyrrole nitrogens is 1. The number of rotatable bonds is 6. The van der Waals surface area contributed by atoms with E-state index in [1.54, 1.807) is 12.1 Å². The van der Waals surface area contributed by atoms with Gasteiger partial charge in [0.25, 0.3) is 5.56 Å². The minimum absolute atomic E-state index is 0.0383. The first-order valence-corrected chi connectivity index (χ1v) is 8.97. The molecule has 0 spiro atoms. The van der Waals surface area contributed by atoms with Crippen molar-refractivity contribution in [3.05, 3.63) is 61.9 Å². The highest BCUT2D eigenvalue weighted by atomic mass is 16.7. The lowest BCUT2D eigenvalue weighted by Gasteiger charge is -2.17. The SMILES string of the molecule is COCc1cc(=O)c(O)c(C(CC(N)=O)c2cc3cc4c(cc3[nH]c2=O)OCO4)o1. The second kappa shape index (κ2) is 7.56. The lowest BCUT2D eigenvalue weighted by atomic mass is 9.92. The Morgan fingerprint density at radius 1 is 1.23 bits per heavy atom. The molecule has 3 heterocycles. The number of aromatic hydroxyl groups is 1. The predicted octanol–water partition coefficient (Wildman–Crippen LogP) is 1.07. The Labute approximate surface area is 168 Å². The number of primary amides is 1. The smallest absolute Gasteiger partial charge is 0.252 e. The minimum Gasteiger partial charge on any atom is -0.502 e. The van der Waals surface area contributed by atoms with E-state index in [9.17, 15) is 19.5 Å². The van der Waals surface area contributed by atoms with Crippen molar-refractivity contribution < 1.29 is 28.5 Å². The topological polar surface area (TPSA) is 154 Å². The molecule has 30 heavy (non-hydrogen) atoms. The molecule has 0 saturated carbocycles. The first-order valence-electron chi connectivity index (χ1n) is 8.97. The molecule has 1 aromatic carbocycles. The van der Waals surface area contributed by atoms with Crippen molar-refractivity contribution in [2.45, 2.75) is 18.9 Å². The molecule has 0 bridgehead atoms. The summed E-state index contributed by atoms with van der Waals surface area (Å²) in [5.41, 5.74) is 4.70. The standard InChI is InChI=1S/C20H18N2O8/c1-27-7-10-4-14(23)18(25)19(30-10)11(5-17(21)24)12-2-9-3-15-16(29-8-28-15)6-13(9)22-20(12)26/h2-4,6,11,25H,5,7-8H2,1H3,(H2,21,24)(H,22,26). The number of aromatic amines is 1. The van der Waals surface area contributed by atoms with Gasteiger partial charge in [0.2, 0.25) is 23.9 Å². The third-order valence-electron chi connectivity index (χ3n) is 4.75. The Morgan fingerprint density at radius 2 is 1.97 bits per heavy atom. The maximum absolute atomic E-state index is 12.8. The Bertz CT molecular complexity index is 1260. The number of hydrogen-bond donors (Lipinski definition) is 3. The number of ether oxygens (including phenoxy) is 3. The Kier molecular flexibility index (Phi) is 4.92. The number of amides is 1. The number of fused-ring (bicyclic) bond motifs is 2. The van der Waals surface area contributed by atoms with Gasteiger partial charge in [-0.2, -0.15) is 0 Å². The summed E-state index contributed by atoms with van der Waals surface area (Å²) in [6, 6.07) is 5.92. The number of methoxy groups -OCH3 is 1. The number of carbonyl (C=O) groups is 1. The van der Waals surface area contributed by atoms with Gasteiger partial charge in [-0.05, 0) is 12.1 Å². The molecule has 1 aliphatic rings. The van der Waals surface area contributed by atoms with Crippen LogP contribution in [0.2, 0.25) is 0 Å². The largest absolute Gasteiger partial charge is 0.502 e. The summed E-state index contributed by atoms with van der Waals surface area (Å²) in [6.45, 7) is 0.0295. The number of hydrogen-bond acceptors (Lipinski definition) is 8. The van der Waals surface area contributed by atoms with Crippen molar-refractivity contribution in [1.82, 2.24) is 4.98 Å². The summed E-state index contributed by atoms with van der Waals surface area (Å²) in [6.07, 6.45) is -0.369. The van der Waals surface area contributed by atoms with E-state index in [-0.39, 0.29) is 36.9 Å². The molecule has 1 atom stereocenters. The Hall–Kier alpha value is -3.79. The van der Waals surface area contributed by atoms with E-state index in [1.165, 1.54) is 13.2 Å². The Balaban J connectivity index is 1.91. The highest BCUT2D eigenvalue weighted by molar-refractivity contribution is 5.84. The van der Waals surface area contributed by atoms with Gasteiger partial charge in [-0.3, -0.25) is 14.4 Å². The molecule has 2 aromatic heterocycles. The number of nitrogens with one attached hydrogen (secondary N) is 1. The van der Waals surface area contributed by atoms with Crippen molar-refractivity contribution in [3.63, 3.8) is 0 Å². The van der Waals surface area contributed by atoms with Gasteiger partial charge >= 0.3 is 0 Å². The van der Waals surface area contributed by atoms with E-state index in [0.717, 1.165) is 6.07 Å². The third kappa shape index (κ3) is 3.48. The monoisotopic (exact) mass is 414 g/mol. The molecular weight excluding hydrogens is 396 g/mol. The first-order chi connectivity index (χ1) is 14.4. The van der Waals surface area contributed by atoms with Gasteiger partial charge in [-0.1, -0.05) is 0 Å². The van der Waals surface area contributed by atoms with E-state index in [2.05, 4.69) is 4.98 Å². The van der Waals surface area contributed by atoms with E-state index in [1.807, 2.05) is 0 Å². The van der Waals surface area contributed by atoms with Crippen LogP contribution in [-0.2, 0) is 16.1 Å². The van der Waals surface area contributed by atoms with Crippen LogP contribution in [0.3, 0.4) is 0 Å². The van der Waals surface area contributed by atoms with Crippen LogP contribution in [0.4, 0.5) is 0 Å². The maximum Gasteiger partial charge on any atom is 0.252 e. The van der Waals surface area contributed by atoms with Gasteiger partial charge in [-0.25, -0.2) is 0 Å². The minimum atomic E-state index is -1.09. The van der Waals surface area contributed by atoms with Gasteiger partial charge in [0.15, 0.2) is 17.3 Å². The van der Waals surface area contributed by atoms with Gasteiger partial charge < -0.3 is 34.5 Å². The zero-order chi connectivity index (χ0) is 21.4. The molecule has 10 heteroatoms. The highest BCUT2D eigenvalue weighted by Gasteiger charge is 2.28. The lowest BCUT2D eigenvalue weighted by molar-refractivity contribution is -0.118.